The van der Waals surface area contributed by atoms with E-state index in [9.17, 15) is 4.79 Å². The van der Waals surface area contributed by atoms with Crippen molar-refractivity contribution in [3.63, 3.8) is 0 Å². The average Bonchev–Trinajstić information content (AvgIpc) is 3.07. The van der Waals surface area contributed by atoms with E-state index < -0.39 is 0 Å². The summed E-state index contributed by atoms with van der Waals surface area (Å²) < 4.78 is 2.03. The van der Waals surface area contributed by atoms with Crippen molar-refractivity contribution in [3.8, 4) is 11.4 Å². The molecule has 1 amide bonds. The summed E-state index contributed by atoms with van der Waals surface area (Å²) in [6, 6.07) is 5.42. The molecule has 3 aromatic heterocycles. The van der Waals surface area contributed by atoms with E-state index >= 15 is 0 Å². The van der Waals surface area contributed by atoms with E-state index in [0.29, 0.717) is 18.8 Å². The number of hydrogen-bond donors (Lipinski definition) is 0. The van der Waals surface area contributed by atoms with Crippen LogP contribution in [0.4, 0.5) is 0 Å². The number of aromatic nitrogens is 5. The normalized spacial score (nSPS) is 15.1. The van der Waals surface area contributed by atoms with Gasteiger partial charge in [0.1, 0.15) is 17.2 Å². The molecule has 138 valence electrons. The van der Waals surface area contributed by atoms with E-state index in [0.717, 1.165) is 35.7 Å². The van der Waals surface area contributed by atoms with Crippen molar-refractivity contribution in [3.05, 3.63) is 60.2 Å². The van der Waals surface area contributed by atoms with Crippen LogP contribution in [0.3, 0.4) is 0 Å². The third kappa shape index (κ3) is 3.32. The van der Waals surface area contributed by atoms with Gasteiger partial charge in [0.25, 0.3) is 5.91 Å². The summed E-state index contributed by atoms with van der Waals surface area (Å²) in [5.41, 5.74) is 3.35. The number of carbonyl (C=O) groups excluding carboxylic acids is 1. The number of hydrogen-bond acceptors (Lipinski definition) is 5. The smallest absolute Gasteiger partial charge is 0.272 e. The van der Waals surface area contributed by atoms with E-state index in [1.807, 2.05) is 41.8 Å². The molecule has 0 aromatic carbocycles. The second-order valence-electron chi connectivity index (χ2n) is 6.82. The lowest BCUT2D eigenvalue weighted by molar-refractivity contribution is 0.0706. The lowest BCUT2D eigenvalue weighted by atomic mass is 9.91. The predicted molar refractivity (Wildman–Crippen MR) is 101 cm³/mol. The van der Waals surface area contributed by atoms with Crippen LogP contribution < -0.4 is 0 Å². The maximum atomic E-state index is 12.6. The number of piperidine rings is 1. The molecule has 0 radical (unpaired) electrons. The molecule has 7 nitrogen and oxygen atoms in total. The molecule has 1 aliphatic heterocycles. The lowest BCUT2D eigenvalue weighted by Crippen LogP contribution is -2.38. The maximum Gasteiger partial charge on any atom is 0.272 e. The Morgan fingerprint density at radius 3 is 2.48 bits per heavy atom. The minimum absolute atomic E-state index is 0.00400. The molecule has 1 fully saturated rings. The molecular formula is C20H22N6O. The van der Waals surface area contributed by atoms with Gasteiger partial charge in [-0.05, 0) is 31.9 Å². The SMILES string of the molecule is Cc1ncc(-c2nccnc2C2CCN(C(=O)c3ccccn3)CC2)n1C. The molecule has 27 heavy (non-hydrogen) atoms. The Hall–Kier alpha value is -3.09. The third-order valence-corrected chi connectivity index (χ3v) is 5.24. The number of imidazole rings is 1. The molecule has 7 heteroatoms. The molecule has 0 N–H and O–H groups in total. The number of nitrogens with zero attached hydrogens (tertiary/aromatic N) is 6. The summed E-state index contributed by atoms with van der Waals surface area (Å²) in [4.78, 5) is 32.3. The highest BCUT2D eigenvalue weighted by Crippen LogP contribution is 2.33. The monoisotopic (exact) mass is 362 g/mol. The Morgan fingerprint density at radius 1 is 1.04 bits per heavy atom. The highest BCUT2D eigenvalue weighted by atomic mass is 16.2. The van der Waals surface area contributed by atoms with Gasteiger partial charge in [-0.1, -0.05) is 6.07 Å². The summed E-state index contributed by atoms with van der Waals surface area (Å²) >= 11 is 0. The van der Waals surface area contributed by atoms with Gasteiger partial charge in [-0.3, -0.25) is 19.7 Å². The van der Waals surface area contributed by atoms with Gasteiger partial charge < -0.3 is 9.47 Å². The van der Waals surface area contributed by atoms with Gasteiger partial charge in [0.05, 0.1) is 17.6 Å². The van der Waals surface area contributed by atoms with Crippen LogP contribution in [0.15, 0.2) is 43.0 Å². The number of pyridine rings is 1. The predicted octanol–water partition coefficient (Wildman–Crippen LogP) is 2.60. The molecule has 0 spiro atoms. The van der Waals surface area contributed by atoms with Gasteiger partial charge in [-0.15, -0.1) is 0 Å². The van der Waals surface area contributed by atoms with Gasteiger partial charge >= 0.3 is 0 Å². The first kappa shape index (κ1) is 17.3. The molecule has 1 aliphatic rings. The van der Waals surface area contributed by atoms with Gasteiger partial charge in [0, 0.05) is 44.6 Å². The molecule has 4 heterocycles. The minimum Gasteiger partial charge on any atom is -0.337 e. The number of likely N-dealkylation sites (tertiary alicyclic amines) is 1. The summed E-state index contributed by atoms with van der Waals surface area (Å²) in [6.45, 7) is 3.36. The molecule has 1 saturated heterocycles. The zero-order chi connectivity index (χ0) is 18.8. The van der Waals surface area contributed by atoms with Gasteiger partial charge in [0.2, 0.25) is 0 Å². The second-order valence-corrected chi connectivity index (χ2v) is 6.82. The molecule has 3 aromatic rings. The largest absolute Gasteiger partial charge is 0.337 e. The number of aryl methyl sites for hydroxylation is 1. The van der Waals surface area contributed by atoms with Crippen molar-refractivity contribution >= 4 is 5.91 Å². The Morgan fingerprint density at radius 2 is 1.81 bits per heavy atom. The van der Waals surface area contributed by atoms with Crippen molar-refractivity contribution in [2.45, 2.75) is 25.7 Å². The number of amides is 1. The summed E-state index contributed by atoms with van der Waals surface area (Å²) in [5, 5.41) is 0. The topological polar surface area (TPSA) is 76.8 Å². The Balaban J connectivity index is 1.52. The third-order valence-electron chi connectivity index (χ3n) is 5.24. The Bertz CT molecular complexity index is 944. The zero-order valence-electron chi connectivity index (χ0n) is 15.5. The fraction of sp³-hybridized carbons (Fsp3) is 0.350. The summed E-state index contributed by atoms with van der Waals surface area (Å²) in [7, 11) is 1.99. The van der Waals surface area contributed by atoms with Crippen LogP contribution in [0.1, 0.15) is 40.8 Å². The summed E-state index contributed by atoms with van der Waals surface area (Å²) in [5.74, 6) is 1.21. The zero-order valence-corrected chi connectivity index (χ0v) is 15.5. The van der Waals surface area contributed by atoms with E-state index in [-0.39, 0.29) is 11.8 Å². The maximum absolute atomic E-state index is 12.6. The van der Waals surface area contributed by atoms with Gasteiger partial charge in [-0.2, -0.15) is 0 Å². The van der Waals surface area contributed by atoms with E-state index in [1.54, 1.807) is 24.7 Å². The molecule has 4 rings (SSSR count). The van der Waals surface area contributed by atoms with E-state index in [2.05, 4.69) is 19.9 Å². The van der Waals surface area contributed by atoms with Gasteiger partial charge in [0.15, 0.2) is 0 Å². The van der Waals surface area contributed by atoms with Crippen molar-refractivity contribution in [2.24, 2.45) is 7.05 Å². The van der Waals surface area contributed by atoms with Crippen molar-refractivity contribution < 1.29 is 4.79 Å². The highest BCUT2D eigenvalue weighted by Gasteiger charge is 2.28. The minimum atomic E-state index is -0.00400. The first-order valence-electron chi connectivity index (χ1n) is 9.15. The number of carbonyl (C=O) groups is 1. The highest BCUT2D eigenvalue weighted by molar-refractivity contribution is 5.92. The molecule has 0 unspecified atom stereocenters. The fourth-order valence-corrected chi connectivity index (χ4v) is 3.57. The molecule has 0 bridgehead atoms. The van der Waals surface area contributed by atoms with Crippen LogP contribution in [0, 0.1) is 6.92 Å². The van der Waals surface area contributed by atoms with Crippen molar-refractivity contribution in [1.29, 1.82) is 0 Å². The molecular weight excluding hydrogens is 340 g/mol. The van der Waals surface area contributed by atoms with Crippen LogP contribution in [0.25, 0.3) is 11.4 Å². The number of rotatable bonds is 3. The van der Waals surface area contributed by atoms with Crippen LogP contribution >= 0.6 is 0 Å². The quantitative estimate of drug-likeness (QED) is 0.716. The van der Waals surface area contributed by atoms with Crippen LogP contribution in [0.2, 0.25) is 0 Å². The molecule has 0 aliphatic carbocycles. The Kier molecular flexibility index (Phi) is 4.66. The van der Waals surface area contributed by atoms with Crippen LogP contribution in [0.5, 0.6) is 0 Å². The van der Waals surface area contributed by atoms with Crippen LogP contribution in [-0.4, -0.2) is 48.4 Å². The first-order valence-corrected chi connectivity index (χ1v) is 9.15. The summed E-state index contributed by atoms with van der Waals surface area (Å²) in [6.07, 6.45) is 8.70. The van der Waals surface area contributed by atoms with E-state index in [1.165, 1.54) is 0 Å². The molecule has 0 saturated carbocycles. The first-order chi connectivity index (χ1) is 13.1. The van der Waals surface area contributed by atoms with Crippen molar-refractivity contribution in [2.75, 3.05) is 13.1 Å². The van der Waals surface area contributed by atoms with E-state index in [4.69, 9.17) is 0 Å². The Labute approximate surface area is 158 Å². The van der Waals surface area contributed by atoms with Gasteiger partial charge in [-0.25, -0.2) is 4.98 Å². The molecule has 0 atom stereocenters. The average molecular weight is 362 g/mol. The van der Waals surface area contributed by atoms with Crippen molar-refractivity contribution in [1.82, 2.24) is 29.4 Å². The standard InChI is InChI=1S/C20H22N6O/c1-14-24-13-17(25(14)2)19-18(22-9-10-23-19)15-6-11-26(12-7-15)20(27)16-5-3-4-8-21-16/h3-5,8-10,13,15H,6-7,11-12H2,1-2H3. The fourth-order valence-electron chi connectivity index (χ4n) is 3.57. The lowest BCUT2D eigenvalue weighted by Gasteiger charge is -2.32. The van der Waals surface area contributed by atoms with Crippen LogP contribution in [-0.2, 0) is 7.05 Å². The second kappa shape index (κ2) is 7.26.